The minimum Gasteiger partial charge on any atom is -0.399 e. The first-order valence-corrected chi connectivity index (χ1v) is 6.07. The number of nitrogens with two attached hydrogens (primary N) is 1. The van der Waals surface area contributed by atoms with Crippen LogP contribution in [0, 0.1) is 18.3 Å². The maximum atomic E-state index is 9.13. The summed E-state index contributed by atoms with van der Waals surface area (Å²) >= 11 is 0. The van der Waals surface area contributed by atoms with Crippen molar-refractivity contribution in [3.63, 3.8) is 0 Å². The molecular formula is C16H13N3. The molecule has 0 unspecified atom stereocenters. The molecule has 1 aromatic heterocycles. The lowest BCUT2D eigenvalue weighted by Crippen LogP contribution is -1.88. The number of hydrogen-bond donors (Lipinski definition) is 2. The molecule has 0 spiro atoms. The first-order chi connectivity index (χ1) is 9.19. The molecule has 3 heteroatoms. The van der Waals surface area contributed by atoms with E-state index in [0.29, 0.717) is 5.56 Å². The highest BCUT2D eigenvalue weighted by Crippen LogP contribution is 2.29. The van der Waals surface area contributed by atoms with Crippen LogP contribution in [0.25, 0.3) is 22.2 Å². The first-order valence-electron chi connectivity index (χ1n) is 6.07. The molecule has 1 heterocycles. The highest BCUT2D eigenvalue weighted by Gasteiger charge is 2.08. The van der Waals surface area contributed by atoms with Gasteiger partial charge >= 0.3 is 0 Å². The largest absolute Gasteiger partial charge is 0.399 e. The summed E-state index contributed by atoms with van der Waals surface area (Å²) in [6, 6.07) is 15.8. The second-order valence-electron chi connectivity index (χ2n) is 4.64. The minimum absolute atomic E-state index is 0.688. The smallest absolute Gasteiger partial charge is 0.0998 e. The van der Waals surface area contributed by atoms with Crippen molar-refractivity contribution >= 4 is 16.6 Å². The van der Waals surface area contributed by atoms with Gasteiger partial charge in [0.25, 0.3) is 0 Å². The van der Waals surface area contributed by atoms with E-state index in [4.69, 9.17) is 11.0 Å². The van der Waals surface area contributed by atoms with E-state index in [1.807, 2.05) is 49.4 Å². The van der Waals surface area contributed by atoms with Crippen molar-refractivity contribution in [1.29, 1.82) is 5.26 Å². The Hall–Kier alpha value is -2.73. The summed E-state index contributed by atoms with van der Waals surface area (Å²) in [4.78, 5) is 3.35. The maximum absolute atomic E-state index is 9.13. The monoisotopic (exact) mass is 247 g/mol. The van der Waals surface area contributed by atoms with E-state index in [1.54, 1.807) is 0 Å². The van der Waals surface area contributed by atoms with Crippen LogP contribution in [0.3, 0.4) is 0 Å². The number of nitriles is 1. The zero-order valence-corrected chi connectivity index (χ0v) is 10.6. The molecule has 19 heavy (non-hydrogen) atoms. The average molecular weight is 247 g/mol. The fraction of sp³-hybridized carbons (Fsp3) is 0.0625. The minimum atomic E-state index is 0.688. The van der Waals surface area contributed by atoms with Crippen LogP contribution in [0.15, 0.2) is 42.5 Å². The zero-order valence-electron chi connectivity index (χ0n) is 10.6. The third-order valence-electron chi connectivity index (χ3n) is 3.33. The molecule has 0 amide bonds. The summed E-state index contributed by atoms with van der Waals surface area (Å²) in [5, 5.41) is 10.1. The molecule has 0 aliphatic heterocycles. The Morgan fingerprint density at radius 3 is 2.74 bits per heavy atom. The van der Waals surface area contributed by atoms with Crippen molar-refractivity contribution < 1.29 is 0 Å². The van der Waals surface area contributed by atoms with Crippen molar-refractivity contribution in [2.24, 2.45) is 0 Å². The van der Waals surface area contributed by atoms with Crippen LogP contribution in [0.5, 0.6) is 0 Å². The third kappa shape index (κ3) is 1.84. The number of aromatic nitrogens is 1. The maximum Gasteiger partial charge on any atom is 0.0998 e. The van der Waals surface area contributed by atoms with E-state index in [0.717, 1.165) is 33.4 Å². The number of nitrogen functional groups attached to an aromatic ring is 1. The Morgan fingerprint density at radius 2 is 2.00 bits per heavy atom. The van der Waals surface area contributed by atoms with Gasteiger partial charge in [0, 0.05) is 27.8 Å². The van der Waals surface area contributed by atoms with Gasteiger partial charge in [0.15, 0.2) is 0 Å². The van der Waals surface area contributed by atoms with Gasteiger partial charge in [-0.15, -0.1) is 0 Å². The highest BCUT2D eigenvalue weighted by atomic mass is 14.7. The van der Waals surface area contributed by atoms with Crippen LogP contribution in [-0.4, -0.2) is 4.98 Å². The van der Waals surface area contributed by atoms with Crippen LogP contribution in [0.4, 0.5) is 5.69 Å². The van der Waals surface area contributed by atoms with E-state index in [-0.39, 0.29) is 0 Å². The van der Waals surface area contributed by atoms with Crippen LogP contribution in [0.2, 0.25) is 0 Å². The van der Waals surface area contributed by atoms with Crippen molar-refractivity contribution in [2.45, 2.75) is 6.92 Å². The number of benzene rings is 2. The normalized spacial score (nSPS) is 10.5. The van der Waals surface area contributed by atoms with Gasteiger partial charge in [0.05, 0.1) is 11.6 Å². The quantitative estimate of drug-likeness (QED) is 0.645. The Bertz CT molecular complexity index is 806. The third-order valence-corrected chi connectivity index (χ3v) is 3.33. The molecule has 0 bridgehead atoms. The lowest BCUT2D eigenvalue weighted by molar-refractivity contribution is 1.40. The van der Waals surface area contributed by atoms with Crippen LogP contribution in [0.1, 0.15) is 11.1 Å². The molecular weight excluding hydrogens is 234 g/mol. The molecule has 0 atom stereocenters. The number of nitrogens with zero attached hydrogens (tertiary/aromatic N) is 1. The van der Waals surface area contributed by atoms with E-state index < -0.39 is 0 Å². The van der Waals surface area contributed by atoms with E-state index >= 15 is 0 Å². The number of rotatable bonds is 1. The molecule has 0 fully saturated rings. The lowest BCUT2D eigenvalue weighted by atomic mass is 10.0. The van der Waals surface area contributed by atoms with Gasteiger partial charge in [-0.2, -0.15) is 5.26 Å². The van der Waals surface area contributed by atoms with Crippen LogP contribution in [-0.2, 0) is 0 Å². The van der Waals surface area contributed by atoms with E-state index in [1.165, 1.54) is 0 Å². The van der Waals surface area contributed by atoms with E-state index in [2.05, 4.69) is 11.1 Å². The number of aryl methyl sites for hydroxylation is 1. The Labute approximate surface area is 111 Å². The van der Waals surface area contributed by atoms with Crippen molar-refractivity contribution in [1.82, 2.24) is 4.98 Å². The van der Waals surface area contributed by atoms with Gasteiger partial charge in [-0.1, -0.05) is 12.1 Å². The number of anilines is 1. The highest BCUT2D eigenvalue weighted by molar-refractivity contribution is 5.90. The molecule has 0 aliphatic carbocycles. The van der Waals surface area contributed by atoms with Gasteiger partial charge in [0.2, 0.25) is 0 Å². The Kier molecular flexibility index (Phi) is 2.50. The SMILES string of the molecule is Cc1cc(N)ccc1-c1cc2c(C#N)cccc2[nH]1. The number of H-pyrrole nitrogens is 1. The van der Waals surface area contributed by atoms with Crippen molar-refractivity contribution in [3.8, 4) is 17.3 Å². The summed E-state index contributed by atoms with van der Waals surface area (Å²) in [7, 11) is 0. The molecule has 3 rings (SSSR count). The predicted octanol–water partition coefficient (Wildman–Crippen LogP) is 3.60. The molecule has 3 N–H and O–H groups in total. The van der Waals surface area contributed by atoms with Gasteiger partial charge in [-0.25, -0.2) is 0 Å². The van der Waals surface area contributed by atoms with Crippen molar-refractivity contribution in [2.75, 3.05) is 5.73 Å². The Morgan fingerprint density at radius 1 is 1.16 bits per heavy atom. The number of nitrogens with one attached hydrogen (secondary N) is 1. The summed E-state index contributed by atoms with van der Waals surface area (Å²) in [6.07, 6.45) is 0. The molecule has 3 nitrogen and oxygen atoms in total. The topological polar surface area (TPSA) is 65.6 Å². The molecule has 0 aliphatic rings. The number of hydrogen-bond acceptors (Lipinski definition) is 2. The van der Waals surface area contributed by atoms with Crippen LogP contribution < -0.4 is 5.73 Å². The van der Waals surface area contributed by atoms with E-state index in [9.17, 15) is 0 Å². The summed E-state index contributed by atoms with van der Waals surface area (Å²) in [5.74, 6) is 0. The Balaban J connectivity index is 2.24. The standard InChI is InChI=1S/C16H13N3/c1-10-7-12(18)5-6-13(10)16-8-14-11(9-17)3-2-4-15(14)19-16/h2-8,19H,18H2,1H3. The zero-order chi connectivity index (χ0) is 13.4. The number of fused-ring (bicyclic) bond motifs is 1. The second kappa shape index (κ2) is 4.18. The van der Waals surface area contributed by atoms with Gasteiger partial charge in [0.1, 0.15) is 0 Å². The van der Waals surface area contributed by atoms with Gasteiger partial charge in [-0.3, -0.25) is 0 Å². The average Bonchev–Trinajstić information content (AvgIpc) is 2.81. The molecule has 2 aromatic carbocycles. The summed E-state index contributed by atoms with van der Waals surface area (Å²) in [5.41, 5.74) is 11.4. The fourth-order valence-electron chi connectivity index (χ4n) is 2.39. The van der Waals surface area contributed by atoms with Crippen LogP contribution >= 0.6 is 0 Å². The number of aromatic amines is 1. The fourth-order valence-corrected chi connectivity index (χ4v) is 2.39. The molecule has 3 aromatic rings. The second-order valence-corrected chi connectivity index (χ2v) is 4.64. The van der Waals surface area contributed by atoms with Crippen molar-refractivity contribution in [3.05, 3.63) is 53.6 Å². The molecule has 0 radical (unpaired) electrons. The molecule has 0 saturated carbocycles. The molecule has 92 valence electrons. The van der Waals surface area contributed by atoms with Gasteiger partial charge in [-0.05, 0) is 42.8 Å². The molecule has 0 saturated heterocycles. The first kappa shape index (κ1) is 11.4. The summed E-state index contributed by atoms with van der Waals surface area (Å²) in [6.45, 7) is 2.03. The van der Waals surface area contributed by atoms with Gasteiger partial charge < -0.3 is 10.7 Å². The predicted molar refractivity (Wildman–Crippen MR) is 77.6 cm³/mol. The lowest BCUT2D eigenvalue weighted by Gasteiger charge is -2.04. The summed E-state index contributed by atoms with van der Waals surface area (Å²) < 4.78 is 0.